The number of carbonyl (C=O) groups is 1. The number of carboxylic acid groups (broad SMARTS) is 1. The summed E-state index contributed by atoms with van der Waals surface area (Å²) in [5.74, 6) is -1.41. The molecule has 0 aromatic carbocycles. The zero-order chi connectivity index (χ0) is 11.9. The van der Waals surface area contributed by atoms with Crippen molar-refractivity contribution >= 4 is 5.97 Å². The van der Waals surface area contributed by atoms with Gasteiger partial charge in [-0.25, -0.2) is 0 Å². The van der Waals surface area contributed by atoms with E-state index in [1.54, 1.807) is 0 Å². The maximum atomic E-state index is 12.3. The lowest BCUT2D eigenvalue weighted by molar-refractivity contribution is -0.154. The van der Waals surface area contributed by atoms with Gasteiger partial charge in [-0.05, 0) is 31.7 Å². The zero-order valence-corrected chi connectivity index (χ0v) is 8.70. The van der Waals surface area contributed by atoms with Crippen molar-refractivity contribution in [2.45, 2.75) is 31.5 Å². The zero-order valence-electron chi connectivity index (χ0n) is 8.70. The molecule has 3 nitrogen and oxygen atoms in total. The maximum absolute atomic E-state index is 12.3. The second kappa shape index (κ2) is 3.91. The summed E-state index contributed by atoms with van der Waals surface area (Å²) in [4.78, 5) is 12.2. The molecule has 6 heteroatoms. The Morgan fingerprint density at radius 3 is 2.38 bits per heavy atom. The van der Waals surface area contributed by atoms with Crippen LogP contribution in [0.3, 0.4) is 0 Å². The van der Waals surface area contributed by atoms with Crippen LogP contribution in [0.5, 0.6) is 0 Å². The van der Waals surface area contributed by atoms with E-state index in [1.807, 2.05) is 0 Å². The van der Waals surface area contributed by atoms with E-state index < -0.39 is 30.7 Å². The second-order valence-corrected chi connectivity index (χ2v) is 4.65. The quantitative estimate of drug-likeness (QED) is 0.812. The fraction of sp³-hybridized carbons (Fsp3) is 0.900. The van der Waals surface area contributed by atoms with Gasteiger partial charge in [0, 0.05) is 6.04 Å². The predicted octanol–water partition coefficient (Wildman–Crippen LogP) is 1.73. The van der Waals surface area contributed by atoms with Crippen LogP contribution >= 0.6 is 0 Å². The van der Waals surface area contributed by atoms with Gasteiger partial charge in [0.2, 0.25) is 0 Å². The molecule has 0 spiro atoms. The molecule has 1 heterocycles. The molecule has 0 aromatic rings. The van der Waals surface area contributed by atoms with Crippen LogP contribution < -0.4 is 0 Å². The van der Waals surface area contributed by atoms with Crippen LogP contribution in [0.25, 0.3) is 0 Å². The van der Waals surface area contributed by atoms with Crippen LogP contribution in [-0.2, 0) is 4.79 Å². The molecule has 0 radical (unpaired) electrons. The van der Waals surface area contributed by atoms with E-state index in [-0.39, 0.29) is 12.5 Å². The molecule has 1 saturated heterocycles. The van der Waals surface area contributed by atoms with E-state index in [9.17, 15) is 18.0 Å². The fourth-order valence-electron chi connectivity index (χ4n) is 2.63. The van der Waals surface area contributed by atoms with Gasteiger partial charge in [0.15, 0.2) is 0 Å². The molecule has 0 amide bonds. The number of alkyl halides is 3. The van der Waals surface area contributed by atoms with E-state index >= 15 is 0 Å². The van der Waals surface area contributed by atoms with Gasteiger partial charge in [-0.3, -0.25) is 9.69 Å². The van der Waals surface area contributed by atoms with E-state index in [0.717, 1.165) is 12.8 Å². The highest BCUT2D eigenvalue weighted by atomic mass is 19.4. The highest BCUT2D eigenvalue weighted by molar-refractivity contribution is 5.71. The first-order chi connectivity index (χ1) is 7.38. The number of hydrogen-bond donors (Lipinski definition) is 1. The molecule has 1 aliphatic heterocycles. The van der Waals surface area contributed by atoms with Gasteiger partial charge in [0.05, 0.1) is 12.5 Å². The molecule has 1 saturated carbocycles. The molecule has 0 unspecified atom stereocenters. The minimum absolute atomic E-state index is 0.158. The number of nitrogens with zero attached hydrogens (tertiary/aromatic N) is 1. The Bertz CT molecular complexity index is 288. The van der Waals surface area contributed by atoms with Crippen LogP contribution in [0.1, 0.15) is 19.3 Å². The Balaban J connectivity index is 2.05. The van der Waals surface area contributed by atoms with Crippen molar-refractivity contribution < 1.29 is 23.1 Å². The Morgan fingerprint density at radius 2 is 1.94 bits per heavy atom. The molecule has 92 valence electrons. The van der Waals surface area contributed by atoms with Gasteiger partial charge < -0.3 is 5.11 Å². The van der Waals surface area contributed by atoms with Crippen molar-refractivity contribution in [2.75, 3.05) is 13.1 Å². The second-order valence-electron chi connectivity index (χ2n) is 4.65. The van der Waals surface area contributed by atoms with Crippen LogP contribution in [0, 0.1) is 11.8 Å². The van der Waals surface area contributed by atoms with Crippen LogP contribution in [0.4, 0.5) is 13.2 Å². The third kappa shape index (κ3) is 2.48. The molecular formula is C10H14F3NO2. The molecule has 0 bridgehead atoms. The van der Waals surface area contributed by atoms with E-state index in [1.165, 1.54) is 4.90 Å². The van der Waals surface area contributed by atoms with Crippen molar-refractivity contribution in [1.29, 1.82) is 0 Å². The van der Waals surface area contributed by atoms with Crippen molar-refractivity contribution in [3.05, 3.63) is 0 Å². The van der Waals surface area contributed by atoms with Gasteiger partial charge in [0.1, 0.15) is 0 Å². The SMILES string of the molecule is O=C(O)[C@H]1CCN(CC(F)(F)F)[C@@H]1C1CC1. The molecule has 2 rings (SSSR count). The Morgan fingerprint density at radius 1 is 1.31 bits per heavy atom. The van der Waals surface area contributed by atoms with Crippen molar-refractivity contribution in [2.24, 2.45) is 11.8 Å². The summed E-state index contributed by atoms with van der Waals surface area (Å²) in [6.07, 6.45) is -2.17. The monoisotopic (exact) mass is 237 g/mol. The summed E-state index contributed by atoms with van der Waals surface area (Å²) in [6, 6.07) is -0.404. The summed E-state index contributed by atoms with van der Waals surface area (Å²) in [5.41, 5.74) is 0. The minimum atomic E-state index is -4.24. The first-order valence-electron chi connectivity index (χ1n) is 5.42. The molecular weight excluding hydrogens is 223 g/mol. The van der Waals surface area contributed by atoms with Gasteiger partial charge in [0.25, 0.3) is 0 Å². The lowest BCUT2D eigenvalue weighted by Crippen LogP contribution is -2.42. The number of rotatable bonds is 3. The van der Waals surface area contributed by atoms with Crippen molar-refractivity contribution in [3.8, 4) is 0 Å². The molecule has 2 fully saturated rings. The topological polar surface area (TPSA) is 40.5 Å². The standard InChI is InChI=1S/C10H14F3NO2/c11-10(12,13)5-14-4-3-7(9(15)16)8(14)6-1-2-6/h6-8H,1-5H2,(H,15,16)/t7-,8+/m0/s1. The summed E-state index contributed by atoms with van der Waals surface area (Å²) >= 11 is 0. The van der Waals surface area contributed by atoms with Gasteiger partial charge in [-0.2, -0.15) is 13.2 Å². The van der Waals surface area contributed by atoms with Crippen LogP contribution in [0.2, 0.25) is 0 Å². The molecule has 1 N–H and O–H groups in total. The first-order valence-corrected chi connectivity index (χ1v) is 5.42. The van der Waals surface area contributed by atoms with Crippen molar-refractivity contribution in [1.82, 2.24) is 4.90 Å². The van der Waals surface area contributed by atoms with E-state index in [0.29, 0.717) is 6.42 Å². The maximum Gasteiger partial charge on any atom is 0.401 e. The Kier molecular flexibility index (Phi) is 2.86. The molecule has 1 aliphatic carbocycles. The largest absolute Gasteiger partial charge is 0.481 e. The summed E-state index contributed by atoms with van der Waals surface area (Å²) in [7, 11) is 0. The van der Waals surface area contributed by atoms with Gasteiger partial charge in [-0.1, -0.05) is 0 Å². The van der Waals surface area contributed by atoms with Crippen LogP contribution in [0.15, 0.2) is 0 Å². The number of likely N-dealkylation sites (tertiary alicyclic amines) is 1. The van der Waals surface area contributed by atoms with E-state index in [4.69, 9.17) is 5.11 Å². The summed E-state index contributed by atoms with van der Waals surface area (Å²) in [5, 5.41) is 8.97. The number of hydrogen-bond acceptors (Lipinski definition) is 2. The Hall–Kier alpha value is -0.780. The third-order valence-electron chi connectivity index (χ3n) is 3.37. The molecule has 2 aliphatic rings. The van der Waals surface area contributed by atoms with Crippen LogP contribution in [-0.4, -0.2) is 41.3 Å². The minimum Gasteiger partial charge on any atom is -0.481 e. The fourth-order valence-corrected chi connectivity index (χ4v) is 2.63. The molecule has 0 aromatic heterocycles. The lowest BCUT2D eigenvalue weighted by atomic mass is 9.96. The predicted molar refractivity (Wildman–Crippen MR) is 49.9 cm³/mol. The number of carboxylic acids is 1. The number of aliphatic carboxylic acids is 1. The summed E-state index contributed by atoms with van der Waals surface area (Å²) < 4.78 is 36.9. The third-order valence-corrected chi connectivity index (χ3v) is 3.37. The normalized spacial score (nSPS) is 31.9. The summed E-state index contributed by atoms with van der Waals surface area (Å²) in [6.45, 7) is -0.727. The average molecular weight is 237 g/mol. The Labute approximate surface area is 91.2 Å². The molecule has 16 heavy (non-hydrogen) atoms. The first kappa shape index (κ1) is 11.7. The highest BCUT2D eigenvalue weighted by Gasteiger charge is 2.49. The molecule has 2 atom stereocenters. The highest BCUT2D eigenvalue weighted by Crippen LogP contribution is 2.43. The van der Waals surface area contributed by atoms with Gasteiger partial charge >= 0.3 is 12.1 Å². The number of halogens is 3. The van der Waals surface area contributed by atoms with Crippen molar-refractivity contribution in [3.63, 3.8) is 0 Å². The lowest BCUT2D eigenvalue weighted by Gasteiger charge is -2.27. The average Bonchev–Trinajstić information content (AvgIpc) is 2.86. The van der Waals surface area contributed by atoms with E-state index in [2.05, 4.69) is 0 Å². The smallest absolute Gasteiger partial charge is 0.401 e. The van der Waals surface area contributed by atoms with Gasteiger partial charge in [-0.15, -0.1) is 0 Å².